The van der Waals surface area contributed by atoms with Crippen LogP contribution in [0, 0.1) is 17.8 Å². The van der Waals surface area contributed by atoms with E-state index in [9.17, 15) is 18.3 Å². The van der Waals surface area contributed by atoms with Crippen LogP contribution in [-0.2, 0) is 26.6 Å². The molecular weight excluding hydrogens is 624 g/mol. The second-order valence-electron chi connectivity index (χ2n) is 14.1. The SMILES string of the molecule is COCCC[C@]1(O)/C=C/C[C@H](C)[C@@H](C)S(=O)(=O)NC(=O)c2ccc3c(c2)N(C[C@@H]2CC[C@H]21)C[C@@]1(CCCc2cc(Cl)ccc21)CO3. The number of sulfonamides is 1. The van der Waals surface area contributed by atoms with Gasteiger partial charge in [-0.25, -0.2) is 13.1 Å². The number of aliphatic hydroxyl groups is 1. The second-order valence-corrected chi connectivity index (χ2v) is 16.6. The summed E-state index contributed by atoms with van der Waals surface area (Å²) in [7, 11) is -2.29. The molecule has 1 saturated carbocycles. The Hall–Kier alpha value is -2.59. The van der Waals surface area contributed by atoms with Crippen molar-refractivity contribution in [1.29, 1.82) is 0 Å². The van der Waals surface area contributed by atoms with Crippen LogP contribution in [0.1, 0.15) is 80.3 Å². The van der Waals surface area contributed by atoms with Crippen LogP contribution in [0.4, 0.5) is 5.69 Å². The van der Waals surface area contributed by atoms with E-state index in [4.69, 9.17) is 21.1 Å². The molecule has 2 N–H and O–H groups in total. The minimum Gasteiger partial charge on any atom is -0.490 e. The molecule has 0 saturated heterocycles. The average Bonchev–Trinajstić information content (AvgIpc) is 3.15. The third kappa shape index (κ3) is 6.45. The van der Waals surface area contributed by atoms with Crippen molar-refractivity contribution < 1.29 is 27.8 Å². The number of nitrogens with zero attached hydrogens (tertiary/aromatic N) is 1. The molecule has 2 heterocycles. The number of methoxy groups -OCH3 is 1. The number of carbonyl (C=O) groups is 1. The van der Waals surface area contributed by atoms with Gasteiger partial charge in [-0.15, -0.1) is 0 Å². The van der Waals surface area contributed by atoms with Crippen LogP contribution in [0.25, 0.3) is 0 Å². The maximum absolute atomic E-state index is 13.5. The van der Waals surface area contributed by atoms with Gasteiger partial charge in [-0.2, -0.15) is 0 Å². The van der Waals surface area contributed by atoms with E-state index in [1.807, 2.05) is 25.1 Å². The highest BCUT2D eigenvalue weighted by Crippen LogP contribution is 2.49. The molecule has 0 aromatic heterocycles. The Morgan fingerprint density at radius 3 is 2.76 bits per heavy atom. The highest BCUT2D eigenvalue weighted by molar-refractivity contribution is 7.90. The molecule has 10 heteroatoms. The first-order valence-corrected chi connectivity index (χ1v) is 18.6. The summed E-state index contributed by atoms with van der Waals surface area (Å²) in [5.74, 6) is 0.0185. The molecule has 2 aromatic carbocycles. The number of ether oxygens (including phenoxy) is 2. The molecule has 2 aliphatic carbocycles. The second kappa shape index (κ2) is 13.1. The largest absolute Gasteiger partial charge is 0.490 e. The fourth-order valence-corrected chi connectivity index (χ4v) is 9.62. The fraction of sp³-hybridized carbons (Fsp3) is 0.583. The molecule has 1 spiro atoms. The third-order valence-corrected chi connectivity index (χ3v) is 13.3. The van der Waals surface area contributed by atoms with Crippen LogP contribution in [0.3, 0.4) is 0 Å². The topological polar surface area (TPSA) is 105 Å². The molecule has 0 radical (unpaired) electrons. The first kappa shape index (κ1) is 33.3. The minimum absolute atomic E-state index is 0.0393. The first-order valence-electron chi connectivity index (χ1n) is 16.7. The van der Waals surface area contributed by atoms with Crippen LogP contribution in [0.15, 0.2) is 48.6 Å². The standard InChI is InChI=1S/C36H47ClN2O6S/c1-24-7-4-16-36(41,17-6-18-44-3)31-12-9-28(31)21-39-22-35(15-5-8-26-19-29(37)11-13-30(26)35)23-45-33-14-10-27(20-32(33)39)34(40)38-46(42,43)25(24)2/h4,10-11,13-14,16,19-20,24-25,28,31,41H,5-9,12,15,17-18,21-23H2,1-3H3,(H,38,40)/b16-4+/t24-,25+,28-,31+,35-,36+/m0/s1. The Kier molecular flexibility index (Phi) is 9.51. The van der Waals surface area contributed by atoms with Gasteiger partial charge in [0.25, 0.3) is 5.91 Å². The number of hydrogen-bond acceptors (Lipinski definition) is 7. The number of aryl methyl sites for hydroxylation is 1. The van der Waals surface area contributed by atoms with E-state index < -0.39 is 26.8 Å². The van der Waals surface area contributed by atoms with Crippen LogP contribution in [0.5, 0.6) is 5.75 Å². The van der Waals surface area contributed by atoms with Crippen molar-refractivity contribution in [2.45, 2.75) is 81.5 Å². The maximum atomic E-state index is 13.5. The lowest BCUT2D eigenvalue weighted by molar-refractivity contribution is -0.0544. The van der Waals surface area contributed by atoms with Gasteiger partial charge in [0.1, 0.15) is 5.75 Å². The number of hydrogen-bond donors (Lipinski definition) is 2. The number of allylic oxidation sites excluding steroid dienone is 1. The molecule has 2 aromatic rings. The Morgan fingerprint density at radius 2 is 2.00 bits per heavy atom. The first-order chi connectivity index (χ1) is 21.9. The maximum Gasteiger partial charge on any atom is 0.264 e. The predicted molar refractivity (Wildman–Crippen MR) is 181 cm³/mol. The third-order valence-electron chi connectivity index (χ3n) is 11.2. The summed E-state index contributed by atoms with van der Waals surface area (Å²) < 4.78 is 41.0. The van der Waals surface area contributed by atoms with Crippen molar-refractivity contribution in [2.24, 2.45) is 17.8 Å². The van der Waals surface area contributed by atoms with Crippen LogP contribution in [-0.4, -0.2) is 63.7 Å². The van der Waals surface area contributed by atoms with Gasteiger partial charge in [0.2, 0.25) is 10.0 Å². The lowest BCUT2D eigenvalue weighted by Gasteiger charge is -2.49. The van der Waals surface area contributed by atoms with Crippen molar-refractivity contribution in [3.63, 3.8) is 0 Å². The predicted octanol–water partition coefficient (Wildman–Crippen LogP) is 6.04. The molecule has 6 atom stereocenters. The summed E-state index contributed by atoms with van der Waals surface area (Å²) in [5, 5.41) is 12.2. The molecule has 2 bridgehead atoms. The Bertz CT molecular complexity index is 1600. The number of nitrogens with one attached hydrogen (secondary N) is 1. The van der Waals surface area contributed by atoms with Crippen molar-refractivity contribution in [3.8, 4) is 5.75 Å². The number of rotatable bonds is 4. The van der Waals surface area contributed by atoms with Crippen LogP contribution < -0.4 is 14.4 Å². The fourth-order valence-electron chi connectivity index (χ4n) is 8.14. The van der Waals surface area contributed by atoms with Crippen molar-refractivity contribution >= 4 is 33.2 Å². The summed E-state index contributed by atoms with van der Waals surface area (Å²) in [6.45, 7) is 5.90. The number of benzene rings is 2. The lowest BCUT2D eigenvalue weighted by atomic mass is 9.63. The Balaban J connectivity index is 1.43. The summed E-state index contributed by atoms with van der Waals surface area (Å²) in [5.41, 5.74) is 2.22. The molecule has 1 fully saturated rings. The van der Waals surface area contributed by atoms with Crippen molar-refractivity contribution in [3.05, 3.63) is 70.3 Å². The molecule has 8 nitrogen and oxygen atoms in total. The zero-order valence-electron chi connectivity index (χ0n) is 27.1. The van der Waals surface area contributed by atoms with Gasteiger partial charge in [-0.05, 0) is 118 Å². The van der Waals surface area contributed by atoms with Gasteiger partial charge in [0.15, 0.2) is 0 Å². The minimum atomic E-state index is -3.96. The van der Waals surface area contributed by atoms with E-state index in [-0.39, 0.29) is 28.7 Å². The smallest absolute Gasteiger partial charge is 0.264 e. The van der Waals surface area contributed by atoms with Gasteiger partial charge in [0.05, 0.1) is 23.1 Å². The summed E-state index contributed by atoms with van der Waals surface area (Å²) >= 11 is 6.43. The van der Waals surface area contributed by atoms with Crippen LogP contribution >= 0.6 is 11.6 Å². The van der Waals surface area contributed by atoms with E-state index in [2.05, 4.69) is 21.8 Å². The van der Waals surface area contributed by atoms with Gasteiger partial charge in [-0.1, -0.05) is 36.7 Å². The zero-order chi connectivity index (χ0) is 32.7. The van der Waals surface area contributed by atoms with E-state index in [1.165, 1.54) is 11.1 Å². The Labute approximate surface area is 278 Å². The molecule has 4 aliphatic rings. The highest BCUT2D eigenvalue weighted by Gasteiger charge is 2.48. The normalized spacial score (nSPS) is 33.1. The summed E-state index contributed by atoms with van der Waals surface area (Å²) in [6.07, 6.45) is 10.4. The Morgan fingerprint density at radius 1 is 1.17 bits per heavy atom. The quantitative estimate of drug-likeness (QED) is 0.302. The summed E-state index contributed by atoms with van der Waals surface area (Å²) in [4.78, 5) is 15.8. The molecule has 0 unspecified atom stereocenters. The molecule has 250 valence electrons. The van der Waals surface area contributed by atoms with Gasteiger partial charge in [0, 0.05) is 42.8 Å². The monoisotopic (exact) mass is 670 g/mol. The number of carbonyl (C=O) groups excluding carboxylic acids is 1. The van der Waals surface area contributed by atoms with Crippen LogP contribution in [0.2, 0.25) is 5.02 Å². The molecular formula is C36H47ClN2O6S. The van der Waals surface area contributed by atoms with Crippen molar-refractivity contribution in [2.75, 3.05) is 38.3 Å². The van der Waals surface area contributed by atoms with E-state index in [0.717, 1.165) is 49.2 Å². The average molecular weight is 671 g/mol. The van der Waals surface area contributed by atoms with Crippen molar-refractivity contribution in [1.82, 2.24) is 4.72 Å². The summed E-state index contributed by atoms with van der Waals surface area (Å²) in [6, 6.07) is 11.4. The van der Waals surface area contributed by atoms with Gasteiger partial charge < -0.3 is 19.5 Å². The molecule has 6 rings (SSSR count). The molecule has 2 aliphatic heterocycles. The molecule has 1 amide bonds. The van der Waals surface area contributed by atoms with Gasteiger partial charge >= 0.3 is 0 Å². The van der Waals surface area contributed by atoms with E-state index in [1.54, 1.807) is 32.2 Å². The van der Waals surface area contributed by atoms with E-state index in [0.29, 0.717) is 44.9 Å². The number of halogens is 1. The number of amides is 1. The highest BCUT2D eigenvalue weighted by atomic mass is 35.5. The lowest BCUT2D eigenvalue weighted by Crippen LogP contribution is -2.52. The molecule has 46 heavy (non-hydrogen) atoms. The zero-order valence-corrected chi connectivity index (χ0v) is 28.7. The van der Waals surface area contributed by atoms with Gasteiger partial charge in [-0.3, -0.25) is 4.79 Å². The number of fused-ring (bicyclic) bond motifs is 4. The van der Waals surface area contributed by atoms with E-state index >= 15 is 0 Å². The number of anilines is 1.